The summed E-state index contributed by atoms with van der Waals surface area (Å²) in [5, 5.41) is 10.2. The predicted octanol–water partition coefficient (Wildman–Crippen LogP) is 2.47. The standard InChI is InChI=1S/C18H25FN6O2/c1-11-16(9-25(3)24-11)22-18-20-8-15(19)17(23-18)27-10-13-4-6-14(7-5-13)21-12(2)26/h8-9,13-14H,4-7,10H2,1-3H3,(H,21,26)(H,20,22,23)/t13-,14-. The van der Waals surface area contributed by atoms with E-state index in [-0.39, 0.29) is 23.8 Å². The lowest BCUT2D eigenvalue weighted by molar-refractivity contribution is -0.119. The number of hydrogen-bond acceptors (Lipinski definition) is 6. The summed E-state index contributed by atoms with van der Waals surface area (Å²) in [5.74, 6) is -0.0618. The maximum atomic E-state index is 14.0. The van der Waals surface area contributed by atoms with Crippen molar-refractivity contribution in [3.63, 3.8) is 0 Å². The fourth-order valence-corrected chi connectivity index (χ4v) is 3.31. The van der Waals surface area contributed by atoms with Crippen molar-refractivity contribution in [2.75, 3.05) is 11.9 Å². The van der Waals surface area contributed by atoms with E-state index in [1.54, 1.807) is 10.9 Å². The quantitative estimate of drug-likeness (QED) is 0.804. The number of aryl methyl sites for hydroxylation is 2. The second kappa shape index (κ2) is 8.32. The summed E-state index contributed by atoms with van der Waals surface area (Å²) in [4.78, 5) is 19.2. The zero-order chi connectivity index (χ0) is 19.4. The highest BCUT2D eigenvalue weighted by molar-refractivity contribution is 5.73. The van der Waals surface area contributed by atoms with Gasteiger partial charge in [0, 0.05) is 26.2 Å². The van der Waals surface area contributed by atoms with E-state index < -0.39 is 5.82 Å². The molecule has 1 fully saturated rings. The molecule has 0 bridgehead atoms. The van der Waals surface area contributed by atoms with Gasteiger partial charge in [0.1, 0.15) is 0 Å². The third-order valence-electron chi connectivity index (χ3n) is 4.68. The summed E-state index contributed by atoms with van der Waals surface area (Å²) in [7, 11) is 1.82. The Labute approximate surface area is 157 Å². The fourth-order valence-electron chi connectivity index (χ4n) is 3.31. The summed E-state index contributed by atoms with van der Waals surface area (Å²) in [6.45, 7) is 3.79. The monoisotopic (exact) mass is 376 g/mol. The number of halogens is 1. The zero-order valence-corrected chi connectivity index (χ0v) is 15.8. The molecule has 0 radical (unpaired) electrons. The molecular formula is C18H25FN6O2. The SMILES string of the molecule is CC(=O)N[C@H]1CC[C@H](COc2nc(Nc3cn(C)nc3C)ncc2F)CC1. The van der Waals surface area contributed by atoms with Gasteiger partial charge in [-0.15, -0.1) is 0 Å². The van der Waals surface area contributed by atoms with Gasteiger partial charge in [0.2, 0.25) is 17.7 Å². The Morgan fingerprint density at radius 3 is 2.74 bits per heavy atom. The molecule has 0 spiro atoms. The van der Waals surface area contributed by atoms with Gasteiger partial charge in [-0.2, -0.15) is 14.5 Å². The Bertz CT molecular complexity index is 801. The summed E-state index contributed by atoms with van der Waals surface area (Å²) in [5.41, 5.74) is 1.55. The molecule has 1 saturated carbocycles. The van der Waals surface area contributed by atoms with Crippen molar-refractivity contribution >= 4 is 17.5 Å². The summed E-state index contributed by atoms with van der Waals surface area (Å²) in [6, 6.07) is 0.230. The summed E-state index contributed by atoms with van der Waals surface area (Å²) in [6.07, 6.45) is 6.58. The number of hydrogen-bond donors (Lipinski definition) is 2. The average Bonchev–Trinajstić information content (AvgIpc) is 2.93. The number of carbonyl (C=O) groups is 1. The Hall–Kier alpha value is -2.71. The summed E-state index contributed by atoms with van der Waals surface area (Å²) >= 11 is 0. The molecule has 27 heavy (non-hydrogen) atoms. The molecular weight excluding hydrogens is 351 g/mol. The summed E-state index contributed by atoms with van der Waals surface area (Å²) < 4.78 is 21.3. The van der Waals surface area contributed by atoms with Crippen LogP contribution in [0.1, 0.15) is 38.3 Å². The fraction of sp³-hybridized carbons (Fsp3) is 0.556. The molecule has 1 amide bonds. The topological polar surface area (TPSA) is 94.0 Å². The zero-order valence-electron chi connectivity index (χ0n) is 15.8. The van der Waals surface area contributed by atoms with Gasteiger partial charge in [-0.3, -0.25) is 9.48 Å². The predicted molar refractivity (Wildman–Crippen MR) is 98.3 cm³/mol. The Morgan fingerprint density at radius 1 is 1.37 bits per heavy atom. The van der Waals surface area contributed by atoms with Crippen LogP contribution in [0.15, 0.2) is 12.4 Å². The Kier molecular flexibility index (Phi) is 5.88. The number of nitrogens with one attached hydrogen (secondary N) is 2. The molecule has 9 heteroatoms. The van der Waals surface area contributed by atoms with Crippen LogP contribution >= 0.6 is 0 Å². The van der Waals surface area contributed by atoms with Crippen LogP contribution in [0.4, 0.5) is 16.0 Å². The van der Waals surface area contributed by atoms with Crippen LogP contribution in [0.3, 0.4) is 0 Å². The molecule has 0 aromatic carbocycles. The molecule has 2 aromatic heterocycles. The molecule has 2 N–H and O–H groups in total. The van der Waals surface area contributed by atoms with Crippen LogP contribution in [0.25, 0.3) is 0 Å². The molecule has 0 unspecified atom stereocenters. The average molecular weight is 376 g/mol. The maximum Gasteiger partial charge on any atom is 0.255 e. The van der Waals surface area contributed by atoms with Crippen LogP contribution in [-0.4, -0.2) is 38.3 Å². The van der Waals surface area contributed by atoms with E-state index in [1.807, 2.05) is 14.0 Å². The minimum atomic E-state index is -0.588. The molecule has 3 rings (SSSR count). The number of ether oxygens (including phenoxy) is 1. The lowest BCUT2D eigenvalue weighted by Gasteiger charge is -2.28. The van der Waals surface area contributed by atoms with Crippen LogP contribution < -0.4 is 15.4 Å². The molecule has 8 nitrogen and oxygen atoms in total. The second-order valence-corrected chi connectivity index (χ2v) is 7.00. The molecule has 0 atom stereocenters. The van der Waals surface area contributed by atoms with Crippen molar-refractivity contribution in [1.29, 1.82) is 0 Å². The highest BCUT2D eigenvalue weighted by Crippen LogP contribution is 2.26. The minimum Gasteiger partial charge on any atom is -0.475 e. The highest BCUT2D eigenvalue weighted by Gasteiger charge is 2.23. The molecule has 146 valence electrons. The number of amides is 1. The maximum absolute atomic E-state index is 14.0. The van der Waals surface area contributed by atoms with Crippen molar-refractivity contribution in [3.05, 3.63) is 23.9 Å². The van der Waals surface area contributed by atoms with Crippen LogP contribution in [0, 0.1) is 18.7 Å². The molecule has 2 aromatic rings. The highest BCUT2D eigenvalue weighted by atomic mass is 19.1. The van der Waals surface area contributed by atoms with Gasteiger partial charge in [-0.05, 0) is 38.5 Å². The molecule has 0 aliphatic heterocycles. The largest absolute Gasteiger partial charge is 0.475 e. The van der Waals surface area contributed by atoms with Gasteiger partial charge in [-0.1, -0.05) is 0 Å². The van der Waals surface area contributed by atoms with Crippen LogP contribution in [-0.2, 0) is 11.8 Å². The van der Waals surface area contributed by atoms with E-state index in [0.29, 0.717) is 12.5 Å². The van der Waals surface area contributed by atoms with Crippen LogP contribution in [0.5, 0.6) is 5.88 Å². The van der Waals surface area contributed by atoms with Crippen molar-refractivity contribution < 1.29 is 13.9 Å². The van der Waals surface area contributed by atoms with Crippen molar-refractivity contribution in [2.24, 2.45) is 13.0 Å². The first-order chi connectivity index (χ1) is 12.9. The van der Waals surface area contributed by atoms with Crippen molar-refractivity contribution in [2.45, 2.75) is 45.6 Å². The lowest BCUT2D eigenvalue weighted by atomic mass is 9.86. The minimum absolute atomic E-state index is 0.00152. The normalized spacial score (nSPS) is 19.6. The third kappa shape index (κ3) is 5.15. The second-order valence-electron chi connectivity index (χ2n) is 7.00. The first-order valence-corrected chi connectivity index (χ1v) is 9.10. The number of anilines is 2. The third-order valence-corrected chi connectivity index (χ3v) is 4.68. The number of rotatable bonds is 6. The van der Waals surface area contributed by atoms with Gasteiger partial charge in [0.25, 0.3) is 5.88 Å². The first kappa shape index (κ1) is 19.1. The van der Waals surface area contributed by atoms with E-state index in [9.17, 15) is 9.18 Å². The number of nitrogens with zero attached hydrogens (tertiary/aromatic N) is 4. The van der Waals surface area contributed by atoms with Gasteiger partial charge in [0.05, 0.1) is 24.2 Å². The van der Waals surface area contributed by atoms with Gasteiger partial charge in [-0.25, -0.2) is 4.98 Å². The van der Waals surface area contributed by atoms with Gasteiger partial charge < -0.3 is 15.4 Å². The van der Waals surface area contributed by atoms with E-state index in [2.05, 4.69) is 25.7 Å². The van der Waals surface area contributed by atoms with Crippen molar-refractivity contribution in [1.82, 2.24) is 25.1 Å². The van der Waals surface area contributed by atoms with Gasteiger partial charge in [0.15, 0.2) is 0 Å². The molecule has 1 aliphatic carbocycles. The van der Waals surface area contributed by atoms with E-state index in [1.165, 1.54) is 6.92 Å². The van der Waals surface area contributed by atoms with Crippen molar-refractivity contribution in [3.8, 4) is 5.88 Å². The number of carbonyl (C=O) groups excluding carboxylic acids is 1. The number of aromatic nitrogens is 4. The molecule has 0 saturated heterocycles. The Balaban J connectivity index is 1.56. The smallest absolute Gasteiger partial charge is 0.255 e. The van der Waals surface area contributed by atoms with E-state index >= 15 is 0 Å². The lowest BCUT2D eigenvalue weighted by Crippen LogP contribution is -2.37. The Morgan fingerprint density at radius 2 is 2.11 bits per heavy atom. The molecule has 2 heterocycles. The van der Waals surface area contributed by atoms with E-state index in [4.69, 9.17) is 4.74 Å². The van der Waals surface area contributed by atoms with Gasteiger partial charge >= 0.3 is 0 Å². The molecule has 1 aliphatic rings. The first-order valence-electron chi connectivity index (χ1n) is 9.10. The van der Waals surface area contributed by atoms with E-state index in [0.717, 1.165) is 43.3 Å². The van der Waals surface area contributed by atoms with Crippen LogP contribution in [0.2, 0.25) is 0 Å².